The van der Waals surface area contributed by atoms with E-state index in [1.165, 1.54) is 4.90 Å². The van der Waals surface area contributed by atoms with Crippen LogP contribution in [-0.2, 0) is 32.5 Å². The Hall–Kier alpha value is -4.30. The minimum absolute atomic E-state index is 0.151. The molecule has 0 spiro atoms. The van der Waals surface area contributed by atoms with Crippen LogP contribution in [0.15, 0.2) is 30.5 Å². The van der Waals surface area contributed by atoms with E-state index in [2.05, 4.69) is 10.3 Å². The highest BCUT2D eigenvalue weighted by molar-refractivity contribution is 5.91. The molecular formula is C29H37N7O7. The predicted molar refractivity (Wildman–Crippen MR) is 156 cm³/mol. The van der Waals surface area contributed by atoms with Crippen molar-refractivity contribution in [2.45, 2.75) is 57.3 Å². The number of carboxylic acids is 2. The number of hydrogen-bond acceptors (Lipinski definition) is 10. The Morgan fingerprint density at radius 2 is 1.88 bits per heavy atom. The number of carbonyl (C=O) groups excluding carboxylic acids is 1. The number of carbonyl (C=O) groups is 3. The molecule has 2 saturated heterocycles. The number of anilines is 1. The van der Waals surface area contributed by atoms with Crippen LogP contribution in [-0.4, -0.2) is 114 Å². The number of para-hydroxylation sites is 1. The molecule has 0 aliphatic carbocycles. The van der Waals surface area contributed by atoms with E-state index >= 15 is 0 Å². The minimum atomic E-state index is -1.09. The molecule has 3 atom stereocenters. The lowest BCUT2D eigenvalue weighted by atomic mass is 10.1. The number of aromatic nitrogens is 4. The normalized spacial score (nSPS) is 21.2. The molecule has 1 aromatic carbocycles. The largest absolute Gasteiger partial charge is 0.480 e. The average molecular weight is 596 g/mol. The molecule has 3 N–H and O–H groups in total. The summed E-state index contributed by atoms with van der Waals surface area (Å²) < 4.78 is 12.8. The number of amides is 1. The number of hydrogen-bond donors (Lipinski definition) is 3. The van der Waals surface area contributed by atoms with Crippen LogP contribution in [0.4, 0.5) is 10.6 Å². The quantitative estimate of drug-likeness (QED) is 0.347. The number of rotatable bonds is 8. The van der Waals surface area contributed by atoms with Crippen LogP contribution in [0.1, 0.15) is 33.0 Å². The molecule has 0 unspecified atom stereocenters. The summed E-state index contributed by atoms with van der Waals surface area (Å²) in [6.07, 6.45) is 1.71. The van der Waals surface area contributed by atoms with Gasteiger partial charge in [0.05, 0.1) is 24.2 Å². The highest BCUT2D eigenvalue weighted by atomic mass is 16.6. The van der Waals surface area contributed by atoms with Crippen molar-refractivity contribution in [1.82, 2.24) is 29.3 Å². The number of aryl methyl sites for hydroxylation is 1. The third-order valence-electron chi connectivity index (χ3n) is 7.60. The fraction of sp³-hybridized carbons (Fsp3) is 0.517. The second-order valence-electron chi connectivity index (χ2n) is 11.8. The number of benzene rings is 1. The maximum Gasteiger partial charge on any atom is 0.411 e. The maximum atomic E-state index is 12.7. The summed E-state index contributed by atoms with van der Waals surface area (Å²) in [5, 5.41) is 22.6. The summed E-state index contributed by atoms with van der Waals surface area (Å²) in [6, 6.07) is 5.36. The SMILES string of the molecule is Cn1c(CCN2CCOC[C@H]2C(=O)O)nc2cccc(-c3nccc(N[C@H]4C[C@@H](C(=O)O)N(C(=O)OC(C)(C)C)C4)n3)c21. The number of aliphatic carboxylic acids is 2. The zero-order valence-electron chi connectivity index (χ0n) is 24.7. The summed E-state index contributed by atoms with van der Waals surface area (Å²) in [7, 11) is 1.92. The van der Waals surface area contributed by atoms with Gasteiger partial charge in [0.15, 0.2) is 5.82 Å². The number of nitrogens with zero attached hydrogens (tertiary/aromatic N) is 6. The van der Waals surface area contributed by atoms with Gasteiger partial charge in [0, 0.05) is 57.3 Å². The molecule has 14 heteroatoms. The van der Waals surface area contributed by atoms with E-state index in [9.17, 15) is 24.6 Å². The van der Waals surface area contributed by atoms with Gasteiger partial charge in [-0.15, -0.1) is 0 Å². The Morgan fingerprint density at radius 1 is 1.12 bits per heavy atom. The van der Waals surface area contributed by atoms with Gasteiger partial charge in [-0.05, 0) is 39.0 Å². The molecule has 43 heavy (non-hydrogen) atoms. The molecule has 14 nitrogen and oxygen atoms in total. The van der Waals surface area contributed by atoms with E-state index in [0.29, 0.717) is 37.8 Å². The molecule has 1 amide bonds. The zero-order chi connectivity index (χ0) is 30.9. The molecule has 2 aromatic heterocycles. The summed E-state index contributed by atoms with van der Waals surface area (Å²) in [5.41, 5.74) is 1.63. The maximum absolute atomic E-state index is 12.7. The summed E-state index contributed by atoms with van der Waals surface area (Å²) in [4.78, 5) is 53.4. The second-order valence-corrected chi connectivity index (χ2v) is 11.8. The van der Waals surface area contributed by atoms with Crippen LogP contribution >= 0.6 is 0 Å². The molecule has 0 bridgehead atoms. The fourth-order valence-electron chi connectivity index (χ4n) is 5.57. The molecule has 230 valence electrons. The monoisotopic (exact) mass is 595 g/mol. The lowest BCUT2D eigenvalue weighted by Crippen LogP contribution is -2.50. The van der Waals surface area contributed by atoms with Gasteiger partial charge in [-0.2, -0.15) is 0 Å². The van der Waals surface area contributed by atoms with Crippen LogP contribution < -0.4 is 5.32 Å². The van der Waals surface area contributed by atoms with Crippen molar-refractivity contribution in [3.05, 3.63) is 36.3 Å². The highest BCUT2D eigenvalue weighted by Crippen LogP contribution is 2.29. The van der Waals surface area contributed by atoms with Crippen molar-refractivity contribution in [1.29, 1.82) is 0 Å². The van der Waals surface area contributed by atoms with Gasteiger partial charge in [-0.1, -0.05) is 6.07 Å². The van der Waals surface area contributed by atoms with Crippen molar-refractivity contribution in [2.24, 2.45) is 7.05 Å². The first-order valence-corrected chi connectivity index (χ1v) is 14.2. The van der Waals surface area contributed by atoms with Crippen LogP contribution in [0.25, 0.3) is 22.4 Å². The number of imidazole rings is 1. The van der Waals surface area contributed by atoms with Crippen LogP contribution in [0, 0.1) is 0 Å². The molecule has 2 fully saturated rings. The number of fused-ring (bicyclic) bond motifs is 1. The lowest BCUT2D eigenvalue weighted by molar-refractivity contribution is -0.149. The Bertz CT molecular complexity index is 1520. The van der Waals surface area contributed by atoms with Gasteiger partial charge in [0.25, 0.3) is 0 Å². The van der Waals surface area contributed by atoms with Gasteiger partial charge >= 0.3 is 18.0 Å². The zero-order valence-corrected chi connectivity index (χ0v) is 24.7. The number of ether oxygens (including phenoxy) is 2. The van der Waals surface area contributed by atoms with E-state index in [4.69, 9.17) is 19.4 Å². The highest BCUT2D eigenvalue weighted by Gasteiger charge is 2.41. The smallest absolute Gasteiger partial charge is 0.411 e. The van der Waals surface area contributed by atoms with Gasteiger partial charge in [0.2, 0.25) is 0 Å². The van der Waals surface area contributed by atoms with Gasteiger partial charge in [0.1, 0.15) is 29.3 Å². The van der Waals surface area contributed by atoms with E-state index in [1.807, 2.05) is 34.7 Å². The van der Waals surface area contributed by atoms with E-state index in [-0.39, 0.29) is 25.6 Å². The fourth-order valence-corrected chi connectivity index (χ4v) is 5.57. The van der Waals surface area contributed by atoms with Crippen molar-refractivity contribution >= 4 is 34.9 Å². The summed E-state index contributed by atoms with van der Waals surface area (Å²) in [6.45, 7) is 7.09. The molecule has 2 aliphatic rings. The Kier molecular flexibility index (Phi) is 8.51. The first-order valence-electron chi connectivity index (χ1n) is 14.2. The first kappa shape index (κ1) is 30.2. The molecule has 0 saturated carbocycles. The summed E-state index contributed by atoms with van der Waals surface area (Å²) in [5.74, 6) is -0.228. The number of nitrogens with one attached hydrogen (secondary N) is 1. The molecule has 3 aromatic rings. The topological polar surface area (TPSA) is 172 Å². The van der Waals surface area contributed by atoms with Crippen LogP contribution in [0.5, 0.6) is 0 Å². The minimum Gasteiger partial charge on any atom is -0.480 e. The third kappa shape index (κ3) is 6.70. The van der Waals surface area contributed by atoms with Gasteiger partial charge in [-0.3, -0.25) is 14.6 Å². The Labute approximate surface area is 248 Å². The molecule has 2 aliphatic heterocycles. The first-order chi connectivity index (χ1) is 20.4. The second kappa shape index (κ2) is 12.1. The summed E-state index contributed by atoms with van der Waals surface area (Å²) >= 11 is 0. The molecule has 4 heterocycles. The lowest BCUT2D eigenvalue weighted by Gasteiger charge is -2.32. The van der Waals surface area contributed by atoms with Crippen molar-refractivity contribution in [3.63, 3.8) is 0 Å². The Balaban J connectivity index is 1.34. The van der Waals surface area contributed by atoms with Crippen LogP contribution in [0.3, 0.4) is 0 Å². The van der Waals surface area contributed by atoms with Gasteiger partial charge in [-0.25, -0.2) is 24.5 Å². The van der Waals surface area contributed by atoms with Crippen LogP contribution in [0.2, 0.25) is 0 Å². The average Bonchev–Trinajstić information content (AvgIpc) is 3.52. The number of morpholine rings is 1. The van der Waals surface area contributed by atoms with Gasteiger partial charge < -0.3 is 29.6 Å². The van der Waals surface area contributed by atoms with E-state index in [0.717, 1.165) is 22.4 Å². The molecule has 0 radical (unpaired) electrons. The molecular weight excluding hydrogens is 558 g/mol. The number of carboxylic acid groups (broad SMARTS) is 2. The third-order valence-corrected chi connectivity index (χ3v) is 7.60. The number of likely N-dealkylation sites (tertiary alicyclic amines) is 1. The van der Waals surface area contributed by atoms with Crippen molar-refractivity contribution in [2.75, 3.05) is 38.2 Å². The van der Waals surface area contributed by atoms with Crippen molar-refractivity contribution < 1.29 is 34.1 Å². The van der Waals surface area contributed by atoms with E-state index < -0.39 is 35.7 Å². The van der Waals surface area contributed by atoms with E-state index in [1.54, 1.807) is 33.0 Å². The van der Waals surface area contributed by atoms with Crippen molar-refractivity contribution in [3.8, 4) is 11.4 Å². The standard InChI is InChI=1S/C29H37N7O7/c1-29(2,3)43-28(41)36-15-17(14-20(36)26(37)38)31-22-8-10-30-25(33-22)18-6-5-7-19-24(18)34(4)23(32-19)9-11-35-12-13-42-16-21(35)27(39)40/h5-8,10,17,20-21H,9,11-16H2,1-4H3,(H,37,38)(H,39,40)(H,30,31,33)/t17-,20-,21-/m0/s1. The molecule has 5 rings (SSSR count). The predicted octanol–water partition coefficient (Wildman–Crippen LogP) is 2.23. The Morgan fingerprint density at radius 3 is 2.60 bits per heavy atom.